The van der Waals surface area contributed by atoms with Crippen LogP contribution in [0, 0.1) is 20.8 Å². The van der Waals surface area contributed by atoms with Crippen molar-refractivity contribution in [3.05, 3.63) is 44.7 Å². The molecule has 0 amide bonds. The van der Waals surface area contributed by atoms with E-state index in [-0.39, 0.29) is 5.56 Å². The number of H-pyrrole nitrogens is 1. The number of nitrogens with zero attached hydrogens (tertiary/aromatic N) is 2. The monoisotopic (exact) mass is 271 g/mol. The first kappa shape index (κ1) is 12.0. The Morgan fingerprint density at radius 1 is 1.21 bits per heavy atom. The summed E-state index contributed by atoms with van der Waals surface area (Å²) in [5.41, 5.74) is 4.45. The third kappa shape index (κ3) is 1.96. The van der Waals surface area contributed by atoms with Crippen LogP contribution in [0.25, 0.3) is 21.5 Å². The fraction of sp³-hybridized carbons (Fsp3) is 0.214. The number of aromatic nitrogens is 3. The van der Waals surface area contributed by atoms with Crippen LogP contribution in [0.3, 0.4) is 0 Å². The zero-order valence-electron chi connectivity index (χ0n) is 10.9. The molecule has 0 aliphatic heterocycles. The number of hydrogen-bond donors (Lipinski definition) is 1. The molecule has 3 rings (SSSR count). The molecule has 0 aliphatic rings. The molecule has 0 atom stereocenters. The number of benzene rings is 1. The van der Waals surface area contributed by atoms with Gasteiger partial charge in [0.2, 0.25) is 0 Å². The van der Waals surface area contributed by atoms with Crippen LogP contribution in [-0.2, 0) is 0 Å². The van der Waals surface area contributed by atoms with Crippen molar-refractivity contribution < 1.29 is 0 Å². The van der Waals surface area contributed by atoms with Crippen molar-refractivity contribution in [1.82, 2.24) is 15.2 Å². The molecule has 0 saturated heterocycles. The van der Waals surface area contributed by atoms with Crippen LogP contribution in [0.2, 0.25) is 0 Å². The molecule has 1 N–H and O–H groups in total. The Bertz CT molecular complexity index is 832. The van der Waals surface area contributed by atoms with E-state index in [2.05, 4.69) is 41.2 Å². The van der Waals surface area contributed by atoms with Gasteiger partial charge < -0.3 is 0 Å². The van der Waals surface area contributed by atoms with Gasteiger partial charge in [-0.25, -0.2) is 10.1 Å². The highest BCUT2D eigenvalue weighted by atomic mass is 32.1. The summed E-state index contributed by atoms with van der Waals surface area (Å²) in [7, 11) is 0. The fourth-order valence-electron chi connectivity index (χ4n) is 2.21. The van der Waals surface area contributed by atoms with Crippen molar-refractivity contribution >= 4 is 21.6 Å². The Hall–Kier alpha value is -2.01. The third-order valence-electron chi connectivity index (χ3n) is 3.07. The van der Waals surface area contributed by atoms with Gasteiger partial charge in [-0.3, -0.25) is 4.79 Å². The van der Waals surface area contributed by atoms with E-state index >= 15 is 0 Å². The minimum Gasteiger partial charge on any atom is -0.265 e. The fourth-order valence-corrected chi connectivity index (χ4v) is 3.13. The zero-order chi connectivity index (χ0) is 13.6. The average Bonchev–Trinajstić information content (AvgIpc) is 2.73. The number of rotatable bonds is 1. The number of aromatic amines is 1. The maximum Gasteiger partial charge on any atom is 0.291 e. The lowest BCUT2D eigenvalue weighted by Crippen LogP contribution is -2.09. The van der Waals surface area contributed by atoms with Gasteiger partial charge in [-0.1, -0.05) is 23.8 Å². The molecule has 0 radical (unpaired) electrons. The highest BCUT2D eigenvalue weighted by molar-refractivity contribution is 7.19. The molecule has 3 aromatic rings. The molecule has 0 bridgehead atoms. The van der Waals surface area contributed by atoms with E-state index < -0.39 is 0 Å². The maximum absolute atomic E-state index is 11.7. The normalized spacial score (nSPS) is 11.1. The number of nitrogens with one attached hydrogen (secondary N) is 1. The second-order valence-electron chi connectivity index (χ2n) is 4.63. The lowest BCUT2D eigenvalue weighted by atomic mass is 10.0. The zero-order valence-corrected chi connectivity index (χ0v) is 11.8. The summed E-state index contributed by atoms with van der Waals surface area (Å²) in [6.45, 7) is 6.01. The van der Waals surface area contributed by atoms with Crippen LogP contribution >= 0.6 is 11.3 Å². The lowest BCUT2D eigenvalue weighted by molar-refractivity contribution is 1.01. The van der Waals surface area contributed by atoms with Crippen molar-refractivity contribution in [2.24, 2.45) is 0 Å². The largest absolute Gasteiger partial charge is 0.291 e. The van der Waals surface area contributed by atoms with Gasteiger partial charge in [0.1, 0.15) is 5.69 Å². The molecule has 5 heteroatoms. The van der Waals surface area contributed by atoms with E-state index in [4.69, 9.17) is 0 Å². The highest BCUT2D eigenvalue weighted by Gasteiger charge is 2.14. The molecule has 0 fully saturated rings. The molecule has 0 aliphatic carbocycles. The Kier molecular flexibility index (Phi) is 2.71. The molecule has 96 valence electrons. The SMILES string of the molecule is Cc1ccc(-c2n[nH]c(=O)c3nc(C)sc23)c(C)c1. The quantitative estimate of drug-likeness (QED) is 0.740. The molecule has 0 saturated carbocycles. The molecule has 1 aromatic carbocycles. The van der Waals surface area contributed by atoms with Crippen LogP contribution in [0.15, 0.2) is 23.0 Å². The first-order valence-corrected chi connectivity index (χ1v) is 6.81. The van der Waals surface area contributed by atoms with Gasteiger partial charge in [-0.05, 0) is 26.3 Å². The van der Waals surface area contributed by atoms with E-state index in [0.29, 0.717) is 5.52 Å². The Labute approximate surface area is 114 Å². The van der Waals surface area contributed by atoms with Gasteiger partial charge >= 0.3 is 0 Å². The highest BCUT2D eigenvalue weighted by Crippen LogP contribution is 2.31. The second-order valence-corrected chi connectivity index (χ2v) is 5.83. The molecule has 0 spiro atoms. The smallest absolute Gasteiger partial charge is 0.265 e. The Balaban J connectivity index is 2.37. The van der Waals surface area contributed by atoms with Gasteiger partial charge in [0.05, 0.1) is 9.71 Å². The summed E-state index contributed by atoms with van der Waals surface area (Å²) in [6.07, 6.45) is 0. The van der Waals surface area contributed by atoms with Crippen LogP contribution in [0.4, 0.5) is 0 Å². The van der Waals surface area contributed by atoms with Crippen LogP contribution in [0.5, 0.6) is 0 Å². The van der Waals surface area contributed by atoms with Gasteiger partial charge in [0, 0.05) is 5.56 Å². The third-order valence-corrected chi connectivity index (χ3v) is 4.05. The molecule has 2 aromatic heterocycles. The summed E-state index contributed by atoms with van der Waals surface area (Å²) in [4.78, 5) is 16.0. The van der Waals surface area contributed by atoms with E-state index in [1.165, 1.54) is 16.9 Å². The number of fused-ring (bicyclic) bond motifs is 1. The molecular weight excluding hydrogens is 258 g/mol. The van der Waals surface area contributed by atoms with E-state index in [0.717, 1.165) is 26.5 Å². The number of thiazole rings is 1. The summed E-state index contributed by atoms with van der Waals surface area (Å²) < 4.78 is 0.855. The second kappa shape index (κ2) is 4.28. The predicted octanol–water partition coefficient (Wildman–Crippen LogP) is 2.97. The van der Waals surface area contributed by atoms with Crippen molar-refractivity contribution in [1.29, 1.82) is 0 Å². The topological polar surface area (TPSA) is 58.6 Å². The van der Waals surface area contributed by atoms with Crippen LogP contribution in [-0.4, -0.2) is 15.2 Å². The maximum atomic E-state index is 11.7. The van der Waals surface area contributed by atoms with Gasteiger partial charge in [-0.2, -0.15) is 5.10 Å². The van der Waals surface area contributed by atoms with Crippen LogP contribution in [0.1, 0.15) is 16.1 Å². The van der Waals surface area contributed by atoms with Crippen molar-refractivity contribution in [3.63, 3.8) is 0 Å². The van der Waals surface area contributed by atoms with E-state index in [1.54, 1.807) is 0 Å². The van der Waals surface area contributed by atoms with Gasteiger partial charge in [0.15, 0.2) is 5.52 Å². The lowest BCUT2D eigenvalue weighted by Gasteiger charge is -2.06. The standard InChI is InChI=1S/C14H13N3OS/c1-7-4-5-10(8(2)6-7)11-13-12(14(18)17-16-11)15-9(3)19-13/h4-6H,1-3H3,(H,17,18). The van der Waals surface area contributed by atoms with Crippen LogP contribution < -0.4 is 5.56 Å². The van der Waals surface area contributed by atoms with Gasteiger partial charge in [0.25, 0.3) is 5.56 Å². The van der Waals surface area contributed by atoms with E-state index in [1.807, 2.05) is 13.0 Å². The summed E-state index contributed by atoms with van der Waals surface area (Å²) in [5.74, 6) is 0. The molecular formula is C14H13N3OS. The molecule has 4 nitrogen and oxygen atoms in total. The first-order chi connectivity index (χ1) is 9.06. The minimum atomic E-state index is -0.229. The summed E-state index contributed by atoms with van der Waals surface area (Å²) >= 11 is 1.51. The Morgan fingerprint density at radius 2 is 2.00 bits per heavy atom. The molecule has 0 unspecified atom stereocenters. The van der Waals surface area contributed by atoms with Crippen molar-refractivity contribution in [3.8, 4) is 11.3 Å². The minimum absolute atomic E-state index is 0.229. The first-order valence-electron chi connectivity index (χ1n) is 5.99. The van der Waals surface area contributed by atoms with Crippen molar-refractivity contribution in [2.45, 2.75) is 20.8 Å². The molecule has 2 heterocycles. The van der Waals surface area contributed by atoms with Crippen molar-refractivity contribution in [2.75, 3.05) is 0 Å². The summed E-state index contributed by atoms with van der Waals surface area (Å²) in [5, 5.41) is 7.62. The summed E-state index contributed by atoms with van der Waals surface area (Å²) in [6, 6.07) is 6.20. The predicted molar refractivity (Wildman–Crippen MR) is 77.7 cm³/mol. The number of aryl methyl sites for hydroxylation is 3. The molecule has 19 heavy (non-hydrogen) atoms. The Morgan fingerprint density at radius 3 is 2.74 bits per heavy atom. The average molecular weight is 271 g/mol. The van der Waals surface area contributed by atoms with Gasteiger partial charge in [-0.15, -0.1) is 11.3 Å². The van der Waals surface area contributed by atoms with E-state index in [9.17, 15) is 4.79 Å². The number of hydrogen-bond acceptors (Lipinski definition) is 4.